The first-order valence-corrected chi connectivity index (χ1v) is 6.88. The predicted octanol–water partition coefficient (Wildman–Crippen LogP) is 2.26. The van der Waals surface area contributed by atoms with Crippen LogP contribution in [0.15, 0.2) is 16.7 Å². The van der Waals surface area contributed by atoms with E-state index in [1.165, 1.54) is 6.07 Å². The summed E-state index contributed by atoms with van der Waals surface area (Å²) in [5, 5.41) is 0. The zero-order valence-electron chi connectivity index (χ0n) is 10.6. The van der Waals surface area contributed by atoms with Gasteiger partial charge >= 0.3 is 6.09 Å². The van der Waals surface area contributed by atoms with Crippen LogP contribution in [-0.4, -0.2) is 48.8 Å². The van der Waals surface area contributed by atoms with Crippen molar-refractivity contribution in [1.82, 2.24) is 9.88 Å². The average molecular weight is 332 g/mol. The summed E-state index contributed by atoms with van der Waals surface area (Å²) < 4.78 is 19.3. The summed E-state index contributed by atoms with van der Waals surface area (Å²) in [6.45, 7) is 4.25. The van der Waals surface area contributed by atoms with Crippen LogP contribution in [0.2, 0.25) is 0 Å². The smallest absolute Gasteiger partial charge is 0.409 e. The molecule has 104 valence electrons. The Morgan fingerprint density at radius 1 is 1.47 bits per heavy atom. The van der Waals surface area contributed by atoms with E-state index >= 15 is 0 Å². The molecule has 1 saturated heterocycles. The van der Waals surface area contributed by atoms with Crippen LogP contribution in [0.4, 0.5) is 15.0 Å². The van der Waals surface area contributed by atoms with Crippen molar-refractivity contribution in [1.29, 1.82) is 0 Å². The number of anilines is 1. The largest absolute Gasteiger partial charge is 0.450 e. The molecule has 0 bridgehead atoms. The molecule has 19 heavy (non-hydrogen) atoms. The third kappa shape index (κ3) is 3.34. The van der Waals surface area contributed by atoms with Crippen LogP contribution >= 0.6 is 15.9 Å². The Hall–Kier alpha value is -1.37. The van der Waals surface area contributed by atoms with Gasteiger partial charge in [-0.1, -0.05) is 0 Å². The Balaban J connectivity index is 1.98. The second-order valence-corrected chi connectivity index (χ2v) is 5.05. The van der Waals surface area contributed by atoms with Gasteiger partial charge < -0.3 is 14.5 Å². The molecule has 0 unspecified atom stereocenters. The maximum atomic E-state index is 13.8. The summed E-state index contributed by atoms with van der Waals surface area (Å²) in [4.78, 5) is 19.1. The number of amides is 1. The predicted molar refractivity (Wildman–Crippen MR) is 72.7 cm³/mol. The van der Waals surface area contributed by atoms with E-state index in [1.54, 1.807) is 18.0 Å². The Labute approximate surface area is 119 Å². The van der Waals surface area contributed by atoms with E-state index in [4.69, 9.17) is 4.74 Å². The summed E-state index contributed by atoms with van der Waals surface area (Å²) in [5.41, 5.74) is 0. The molecule has 2 heterocycles. The second kappa shape index (κ2) is 6.18. The minimum absolute atomic E-state index is 0.314. The van der Waals surface area contributed by atoms with Gasteiger partial charge in [-0.2, -0.15) is 0 Å². The van der Waals surface area contributed by atoms with Crippen LogP contribution in [0.1, 0.15) is 6.92 Å². The summed E-state index contributed by atoms with van der Waals surface area (Å²) in [6.07, 6.45) is 1.25. The van der Waals surface area contributed by atoms with E-state index in [0.717, 1.165) is 0 Å². The fraction of sp³-hybridized carbons (Fsp3) is 0.500. The molecule has 7 heteroatoms. The van der Waals surface area contributed by atoms with E-state index in [9.17, 15) is 9.18 Å². The molecular weight excluding hydrogens is 317 g/mol. The first kappa shape index (κ1) is 14.0. The molecule has 0 N–H and O–H groups in total. The topological polar surface area (TPSA) is 45.7 Å². The van der Waals surface area contributed by atoms with E-state index < -0.39 is 0 Å². The number of hydrogen-bond donors (Lipinski definition) is 0. The van der Waals surface area contributed by atoms with Gasteiger partial charge in [0.15, 0.2) is 11.6 Å². The Bertz CT molecular complexity index is 464. The lowest BCUT2D eigenvalue weighted by Gasteiger charge is -2.34. The van der Waals surface area contributed by atoms with Crippen LogP contribution in [0.25, 0.3) is 0 Å². The fourth-order valence-electron chi connectivity index (χ4n) is 1.96. The fourth-order valence-corrected chi connectivity index (χ4v) is 2.26. The van der Waals surface area contributed by atoms with Gasteiger partial charge in [0.1, 0.15) is 0 Å². The number of halogens is 2. The lowest BCUT2D eigenvalue weighted by atomic mass is 10.3. The van der Waals surface area contributed by atoms with E-state index in [0.29, 0.717) is 43.1 Å². The van der Waals surface area contributed by atoms with Crippen molar-refractivity contribution < 1.29 is 13.9 Å². The van der Waals surface area contributed by atoms with Crippen molar-refractivity contribution in [2.75, 3.05) is 37.7 Å². The molecule has 0 spiro atoms. The highest BCUT2D eigenvalue weighted by atomic mass is 79.9. The molecule has 1 aliphatic heterocycles. The molecule has 0 aromatic carbocycles. The number of nitrogens with zero attached hydrogens (tertiary/aromatic N) is 3. The monoisotopic (exact) mass is 331 g/mol. The normalized spacial score (nSPS) is 15.5. The molecule has 1 aromatic heterocycles. The van der Waals surface area contributed by atoms with Gasteiger partial charge in [-0.25, -0.2) is 14.2 Å². The van der Waals surface area contributed by atoms with Crippen LogP contribution in [0, 0.1) is 5.82 Å². The van der Waals surface area contributed by atoms with Gasteiger partial charge in [0.2, 0.25) is 0 Å². The Morgan fingerprint density at radius 3 is 2.74 bits per heavy atom. The third-order valence-corrected chi connectivity index (χ3v) is 3.33. The molecule has 1 aromatic rings. The van der Waals surface area contributed by atoms with Gasteiger partial charge in [0.25, 0.3) is 0 Å². The molecule has 1 aliphatic rings. The summed E-state index contributed by atoms with van der Waals surface area (Å²) in [6, 6.07) is 1.39. The highest BCUT2D eigenvalue weighted by Crippen LogP contribution is 2.21. The number of pyridine rings is 1. The summed E-state index contributed by atoms with van der Waals surface area (Å²) in [5.74, 6) is -0.0364. The summed E-state index contributed by atoms with van der Waals surface area (Å²) >= 11 is 3.18. The minimum Gasteiger partial charge on any atom is -0.450 e. The molecule has 5 nitrogen and oxygen atoms in total. The maximum Gasteiger partial charge on any atom is 0.409 e. The van der Waals surface area contributed by atoms with Crippen molar-refractivity contribution in [3.8, 4) is 0 Å². The van der Waals surface area contributed by atoms with E-state index in [1.807, 2.05) is 4.90 Å². The third-order valence-electron chi connectivity index (χ3n) is 2.89. The first-order chi connectivity index (χ1) is 9.11. The molecule has 0 radical (unpaired) electrons. The highest BCUT2D eigenvalue weighted by Gasteiger charge is 2.24. The molecule has 2 rings (SSSR count). The van der Waals surface area contributed by atoms with Gasteiger partial charge in [-0.3, -0.25) is 0 Å². The minimum atomic E-state index is -0.362. The molecule has 1 fully saturated rings. The molecule has 0 saturated carbocycles. The number of rotatable bonds is 2. The zero-order chi connectivity index (χ0) is 13.8. The zero-order valence-corrected chi connectivity index (χ0v) is 12.2. The first-order valence-electron chi connectivity index (χ1n) is 6.09. The number of ether oxygens (including phenoxy) is 1. The van der Waals surface area contributed by atoms with Crippen molar-refractivity contribution in [3.63, 3.8) is 0 Å². The standard InChI is InChI=1S/C12H15BrFN3O2/c1-2-19-12(18)17-5-3-16(4-6-17)11-10(14)7-9(13)8-15-11/h7-8H,2-6H2,1H3. The Morgan fingerprint density at radius 2 is 2.16 bits per heavy atom. The maximum absolute atomic E-state index is 13.8. The van der Waals surface area contributed by atoms with E-state index in [2.05, 4.69) is 20.9 Å². The van der Waals surface area contributed by atoms with Crippen LogP contribution in [-0.2, 0) is 4.74 Å². The van der Waals surface area contributed by atoms with Gasteiger partial charge in [0, 0.05) is 36.8 Å². The number of carbonyl (C=O) groups excluding carboxylic acids is 1. The van der Waals surface area contributed by atoms with Crippen molar-refractivity contribution in [3.05, 3.63) is 22.6 Å². The number of piperazine rings is 1. The number of carbonyl (C=O) groups is 1. The highest BCUT2D eigenvalue weighted by molar-refractivity contribution is 9.10. The lowest BCUT2D eigenvalue weighted by molar-refractivity contribution is 0.105. The van der Waals surface area contributed by atoms with Gasteiger partial charge in [-0.15, -0.1) is 0 Å². The molecule has 0 atom stereocenters. The van der Waals surface area contributed by atoms with Crippen LogP contribution in [0.3, 0.4) is 0 Å². The Kier molecular flexibility index (Phi) is 4.57. The van der Waals surface area contributed by atoms with Crippen LogP contribution < -0.4 is 4.90 Å². The van der Waals surface area contributed by atoms with Crippen molar-refractivity contribution in [2.45, 2.75) is 6.92 Å². The van der Waals surface area contributed by atoms with Crippen molar-refractivity contribution >= 4 is 27.8 Å². The quantitative estimate of drug-likeness (QED) is 0.833. The second-order valence-electron chi connectivity index (χ2n) is 4.13. The van der Waals surface area contributed by atoms with Gasteiger partial charge in [0.05, 0.1) is 6.61 Å². The molecule has 0 aliphatic carbocycles. The van der Waals surface area contributed by atoms with Crippen LogP contribution in [0.5, 0.6) is 0 Å². The van der Waals surface area contributed by atoms with Crippen molar-refractivity contribution in [2.24, 2.45) is 0 Å². The SMILES string of the molecule is CCOC(=O)N1CCN(c2ncc(Br)cc2F)CC1. The molecular formula is C12H15BrFN3O2. The lowest BCUT2D eigenvalue weighted by Crippen LogP contribution is -2.49. The average Bonchev–Trinajstić information content (AvgIpc) is 2.39. The number of aromatic nitrogens is 1. The number of hydrogen-bond acceptors (Lipinski definition) is 4. The van der Waals surface area contributed by atoms with E-state index in [-0.39, 0.29) is 11.9 Å². The summed E-state index contributed by atoms with van der Waals surface area (Å²) in [7, 11) is 0. The van der Waals surface area contributed by atoms with Gasteiger partial charge in [-0.05, 0) is 28.9 Å². The molecule has 1 amide bonds.